The fourth-order valence-electron chi connectivity index (χ4n) is 2.01. The highest BCUT2D eigenvalue weighted by Crippen LogP contribution is 2.48. The number of hydrogen-bond donors (Lipinski definition) is 0. The van der Waals surface area contributed by atoms with Gasteiger partial charge in [0.15, 0.2) is 0 Å². The zero-order valence-corrected chi connectivity index (χ0v) is 10.3. The average molecular weight is 196 g/mol. The number of ether oxygens (including phenoxy) is 1. The molecule has 1 saturated heterocycles. The van der Waals surface area contributed by atoms with Crippen LogP contribution in [0, 0.1) is 16.7 Å². The summed E-state index contributed by atoms with van der Waals surface area (Å²) in [5.74, 6) is 1.68. The SMILES string of the molecule is C=C1CC(C(C)(C)C(C)(C)C)CCO1. The zero-order valence-electron chi connectivity index (χ0n) is 10.3. The molecule has 0 spiro atoms. The number of allylic oxidation sites excluding steroid dienone is 1. The van der Waals surface area contributed by atoms with Crippen LogP contribution in [0.1, 0.15) is 47.5 Å². The van der Waals surface area contributed by atoms with E-state index < -0.39 is 0 Å². The first-order chi connectivity index (χ1) is 6.25. The summed E-state index contributed by atoms with van der Waals surface area (Å²) in [6.07, 6.45) is 2.20. The van der Waals surface area contributed by atoms with Crippen LogP contribution in [0.4, 0.5) is 0 Å². The van der Waals surface area contributed by atoms with Crippen LogP contribution >= 0.6 is 0 Å². The van der Waals surface area contributed by atoms with Gasteiger partial charge in [0.25, 0.3) is 0 Å². The predicted molar refractivity (Wildman–Crippen MR) is 61.1 cm³/mol. The summed E-state index contributed by atoms with van der Waals surface area (Å²) in [6.45, 7) is 16.5. The highest BCUT2D eigenvalue weighted by atomic mass is 16.5. The molecule has 1 nitrogen and oxygen atoms in total. The summed E-state index contributed by atoms with van der Waals surface area (Å²) in [6, 6.07) is 0. The van der Waals surface area contributed by atoms with E-state index in [1.54, 1.807) is 0 Å². The Labute approximate surface area is 88.5 Å². The summed E-state index contributed by atoms with van der Waals surface area (Å²) in [5, 5.41) is 0. The second-order valence-corrected chi connectivity index (χ2v) is 6.05. The Hall–Kier alpha value is -0.460. The van der Waals surface area contributed by atoms with Gasteiger partial charge in [0.1, 0.15) is 0 Å². The minimum atomic E-state index is 0.343. The van der Waals surface area contributed by atoms with Crippen LogP contribution in [0.2, 0.25) is 0 Å². The molecule has 0 aliphatic carbocycles. The molecule has 14 heavy (non-hydrogen) atoms. The molecule has 0 radical (unpaired) electrons. The third-order valence-electron chi connectivity index (χ3n) is 4.20. The molecule has 1 aliphatic rings. The molecule has 0 aromatic carbocycles. The molecule has 1 atom stereocenters. The molecule has 0 bridgehead atoms. The van der Waals surface area contributed by atoms with Crippen LogP contribution in [0.3, 0.4) is 0 Å². The van der Waals surface area contributed by atoms with Gasteiger partial charge in [0.2, 0.25) is 0 Å². The van der Waals surface area contributed by atoms with E-state index in [0.29, 0.717) is 16.7 Å². The maximum Gasteiger partial charge on any atom is 0.0891 e. The summed E-state index contributed by atoms with van der Waals surface area (Å²) in [7, 11) is 0. The van der Waals surface area contributed by atoms with Crippen molar-refractivity contribution in [3.05, 3.63) is 12.3 Å². The van der Waals surface area contributed by atoms with Gasteiger partial charge in [0, 0.05) is 6.42 Å². The largest absolute Gasteiger partial charge is 0.499 e. The highest BCUT2D eigenvalue weighted by Gasteiger charge is 2.41. The van der Waals surface area contributed by atoms with Gasteiger partial charge >= 0.3 is 0 Å². The minimum absolute atomic E-state index is 0.343. The zero-order chi connectivity index (χ0) is 11.0. The molecule has 0 saturated carbocycles. The monoisotopic (exact) mass is 196 g/mol. The van der Waals surface area contributed by atoms with Gasteiger partial charge in [-0.3, -0.25) is 0 Å². The van der Waals surface area contributed by atoms with Crippen molar-refractivity contribution in [3.8, 4) is 0 Å². The molecule has 0 amide bonds. The molecule has 1 rings (SSSR count). The fraction of sp³-hybridized carbons (Fsp3) is 0.846. The predicted octanol–water partition coefficient (Wildman–Crippen LogP) is 4.00. The summed E-state index contributed by atoms with van der Waals surface area (Å²) in [5.41, 5.74) is 0.689. The third kappa shape index (κ3) is 2.13. The Kier molecular flexibility index (Phi) is 2.99. The molecule has 0 aromatic rings. The first kappa shape index (κ1) is 11.6. The Morgan fingerprint density at radius 3 is 2.21 bits per heavy atom. The second-order valence-electron chi connectivity index (χ2n) is 6.05. The van der Waals surface area contributed by atoms with Crippen molar-refractivity contribution in [2.45, 2.75) is 47.5 Å². The lowest BCUT2D eigenvalue weighted by atomic mass is 9.60. The lowest BCUT2D eigenvalue weighted by Gasteiger charge is -2.46. The molecule has 0 N–H and O–H groups in total. The molecular weight excluding hydrogens is 172 g/mol. The van der Waals surface area contributed by atoms with Crippen molar-refractivity contribution in [1.29, 1.82) is 0 Å². The summed E-state index contributed by atoms with van der Waals surface area (Å²) >= 11 is 0. The van der Waals surface area contributed by atoms with Gasteiger partial charge in [-0.25, -0.2) is 0 Å². The van der Waals surface area contributed by atoms with Crippen molar-refractivity contribution >= 4 is 0 Å². The normalized spacial score (nSPS) is 24.6. The van der Waals surface area contributed by atoms with Gasteiger partial charge in [-0.05, 0) is 23.2 Å². The molecule has 82 valence electrons. The maximum absolute atomic E-state index is 5.42. The smallest absolute Gasteiger partial charge is 0.0891 e. The van der Waals surface area contributed by atoms with Gasteiger partial charge in [-0.1, -0.05) is 41.2 Å². The first-order valence-corrected chi connectivity index (χ1v) is 5.56. The average Bonchev–Trinajstić information content (AvgIpc) is 2.02. The van der Waals surface area contributed by atoms with Gasteiger partial charge in [-0.2, -0.15) is 0 Å². The second kappa shape index (κ2) is 3.60. The molecule has 1 aliphatic heterocycles. The molecule has 0 aromatic heterocycles. The quantitative estimate of drug-likeness (QED) is 0.616. The Morgan fingerprint density at radius 1 is 1.21 bits per heavy atom. The van der Waals surface area contributed by atoms with E-state index in [1.165, 1.54) is 6.42 Å². The van der Waals surface area contributed by atoms with Gasteiger partial charge in [-0.15, -0.1) is 0 Å². The van der Waals surface area contributed by atoms with E-state index in [4.69, 9.17) is 4.74 Å². The topological polar surface area (TPSA) is 9.23 Å². The van der Waals surface area contributed by atoms with Crippen LogP contribution in [0.25, 0.3) is 0 Å². The highest BCUT2D eigenvalue weighted by molar-refractivity contribution is 4.97. The van der Waals surface area contributed by atoms with Crippen molar-refractivity contribution < 1.29 is 4.74 Å². The van der Waals surface area contributed by atoms with E-state index >= 15 is 0 Å². The van der Waals surface area contributed by atoms with E-state index in [2.05, 4.69) is 41.2 Å². The van der Waals surface area contributed by atoms with Crippen LogP contribution in [-0.4, -0.2) is 6.61 Å². The lowest BCUT2D eigenvalue weighted by molar-refractivity contribution is 0.00330. The van der Waals surface area contributed by atoms with Crippen LogP contribution in [0.5, 0.6) is 0 Å². The first-order valence-electron chi connectivity index (χ1n) is 5.56. The van der Waals surface area contributed by atoms with Crippen molar-refractivity contribution in [1.82, 2.24) is 0 Å². The van der Waals surface area contributed by atoms with E-state index in [-0.39, 0.29) is 0 Å². The van der Waals surface area contributed by atoms with Crippen LogP contribution in [-0.2, 0) is 4.74 Å². The Bertz CT molecular complexity index is 220. The minimum Gasteiger partial charge on any atom is -0.499 e. The van der Waals surface area contributed by atoms with Gasteiger partial charge < -0.3 is 4.74 Å². The van der Waals surface area contributed by atoms with Crippen molar-refractivity contribution in [2.24, 2.45) is 16.7 Å². The van der Waals surface area contributed by atoms with E-state index in [1.807, 2.05) is 0 Å². The third-order valence-corrected chi connectivity index (χ3v) is 4.20. The Balaban J connectivity index is 2.76. The van der Waals surface area contributed by atoms with Crippen molar-refractivity contribution in [3.63, 3.8) is 0 Å². The van der Waals surface area contributed by atoms with E-state index in [0.717, 1.165) is 18.8 Å². The van der Waals surface area contributed by atoms with E-state index in [9.17, 15) is 0 Å². The summed E-state index contributed by atoms with van der Waals surface area (Å²) < 4.78 is 5.42. The molecule has 1 heterocycles. The molecular formula is C13H24O. The number of rotatable bonds is 1. The molecule has 1 unspecified atom stereocenters. The lowest BCUT2D eigenvalue weighted by Crippen LogP contribution is -2.39. The fourth-order valence-corrected chi connectivity index (χ4v) is 2.01. The Morgan fingerprint density at radius 2 is 1.79 bits per heavy atom. The molecule has 1 fully saturated rings. The van der Waals surface area contributed by atoms with Gasteiger partial charge in [0.05, 0.1) is 12.4 Å². The summed E-state index contributed by atoms with van der Waals surface area (Å²) in [4.78, 5) is 0. The number of hydrogen-bond acceptors (Lipinski definition) is 1. The standard InChI is InChI=1S/C13H24O/c1-10-9-11(7-8-14-10)13(5,6)12(2,3)4/h11H,1,7-9H2,2-6H3. The molecule has 1 heteroatoms. The van der Waals surface area contributed by atoms with Crippen molar-refractivity contribution in [2.75, 3.05) is 6.61 Å². The maximum atomic E-state index is 5.42. The van der Waals surface area contributed by atoms with Crippen LogP contribution in [0.15, 0.2) is 12.3 Å². The van der Waals surface area contributed by atoms with Crippen LogP contribution < -0.4 is 0 Å².